The molecule has 0 saturated carbocycles. The van der Waals surface area contributed by atoms with Gasteiger partial charge in [0.1, 0.15) is 0 Å². The Balaban J connectivity index is 0. The van der Waals surface area contributed by atoms with Crippen molar-refractivity contribution in [2.45, 2.75) is 13.3 Å². The van der Waals surface area contributed by atoms with E-state index in [2.05, 4.69) is 0 Å². The van der Waals surface area contributed by atoms with Gasteiger partial charge in [0.25, 0.3) is 0 Å². The Hall–Kier alpha value is 0.0700. The Morgan fingerprint density at radius 1 is 1.27 bits per heavy atom. The van der Waals surface area contributed by atoms with Gasteiger partial charge in [-0.15, -0.1) is 0 Å². The quantitative estimate of drug-likeness (QED) is 0.441. The van der Waals surface area contributed by atoms with Gasteiger partial charge in [-0.1, -0.05) is 6.92 Å². The Kier molecular flexibility index (Phi) is 10.1. The molecule has 0 saturated heterocycles. The molecule has 70 valence electrons. The van der Waals surface area contributed by atoms with Crippen LogP contribution in [-0.4, -0.2) is 29.0 Å². The average molecular weight is 184 g/mol. The van der Waals surface area contributed by atoms with Crippen molar-refractivity contribution in [3.05, 3.63) is 0 Å². The molecule has 0 aliphatic heterocycles. The van der Waals surface area contributed by atoms with Gasteiger partial charge in [0.05, 0.1) is 0 Å². The smallest absolute Gasteiger partial charge is 0.325 e. The van der Waals surface area contributed by atoms with E-state index >= 15 is 0 Å². The Morgan fingerprint density at radius 3 is 1.55 bits per heavy atom. The standard InChI is InChI=1S/C3H10N2.C2H7O3P/c4-2-1-3-5;1-2-6(3,4)5/h1-5H2;2H2,1H3,(H2,3,4,5). The molecule has 0 atom stereocenters. The highest BCUT2D eigenvalue weighted by Gasteiger charge is 2.05. The minimum absolute atomic E-state index is 0.0625. The van der Waals surface area contributed by atoms with Crippen LogP contribution in [0.2, 0.25) is 0 Å². The fourth-order valence-corrected chi connectivity index (χ4v) is 0.118. The van der Waals surface area contributed by atoms with Crippen LogP contribution in [0.3, 0.4) is 0 Å². The van der Waals surface area contributed by atoms with Crippen LogP contribution in [0, 0.1) is 0 Å². The van der Waals surface area contributed by atoms with Crippen molar-refractivity contribution in [1.29, 1.82) is 0 Å². The second kappa shape index (κ2) is 8.17. The van der Waals surface area contributed by atoms with Gasteiger partial charge in [0.15, 0.2) is 0 Å². The second-order valence-electron chi connectivity index (χ2n) is 1.91. The summed E-state index contributed by atoms with van der Waals surface area (Å²) in [5.74, 6) is 0. The monoisotopic (exact) mass is 184 g/mol. The fraction of sp³-hybridized carbons (Fsp3) is 1.00. The molecule has 5 nitrogen and oxygen atoms in total. The summed E-state index contributed by atoms with van der Waals surface area (Å²) in [6.07, 6.45) is 0.882. The lowest BCUT2D eigenvalue weighted by Crippen LogP contribution is -2.06. The highest BCUT2D eigenvalue weighted by molar-refractivity contribution is 7.51. The molecule has 0 spiro atoms. The van der Waals surface area contributed by atoms with Crippen molar-refractivity contribution >= 4 is 7.60 Å². The number of hydrogen-bond acceptors (Lipinski definition) is 3. The molecule has 0 rings (SSSR count). The third-order valence-corrected chi connectivity index (χ3v) is 1.64. The van der Waals surface area contributed by atoms with E-state index in [-0.39, 0.29) is 6.16 Å². The van der Waals surface area contributed by atoms with Gasteiger partial charge in [-0.25, -0.2) is 0 Å². The first kappa shape index (κ1) is 13.6. The minimum atomic E-state index is -3.65. The third-order valence-electron chi connectivity index (χ3n) is 0.820. The maximum Gasteiger partial charge on any atom is 0.325 e. The molecule has 0 unspecified atom stereocenters. The first-order valence-electron chi connectivity index (χ1n) is 3.42. The van der Waals surface area contributed by atoms with Gasteiger partial charge in [0.2, 0.25) is 0 Å². The van der Waals surface area contributed by atoms with Crippen LogP contribution in [0.1, 0.15) is 13.3 Å². The molecule has 0 aromatic heterocycles. The van der Waals surface area contributed by atoms with E-state index in [1.165, 1.54) is 6.92 Å². The van der Waals surface area contributed by atoms with Crippen molar-refractivity contribution in [2.24, 2.45) is 11.5 Å². The van der Waals surface area contributed by atoms with Crippen LogP contribution in [0.25, 0.3) is 0 Å². The van der Waals surface area contributed by atoms with E-state index in [1.807, 2.05) is 0 Å². The summed E-state index contributed by atoms with van der Waals surface area (Å²) in [5, 5.41) is 0. The molecule has 0 radical (unpaired) electrons. The fourth-order valence-electron chi connectivity index (χ4n) is 0.118. The van der Waals surface area contributed by atoms with Gasteiger partial charge in [-0.3, -0.25) is 4.57 Å². The van der Waals surface area contributed by atoms with Crippen molar-refractivity contribution in [2.75, 3.05) is 19.3 Å². The highest BCUT2D eigenvalue weighted by atomic mass is 31.2. The zero-order valence-corrected chi connectivity index (χ0v) is 7.63. The van der Waals surface area contributed by atoms with Crippen molar-refractivity contribution in [1.82, 2.24) is 0 Å². The predicted octanol–water partition coefficient (Wildman–Crippen LogP) is -0.522. The molecule has 0 bridgehead atoms. The van der Waals surface area contributed by atoms with Gasteiger partial charge in [-0.05, 0) is 19.5 Å². The summed E-state index contributed by atoms with van der Waals surface area (Å²) in [5.41, 5.74) is 10.1. The van der Waals surface area contributed by atoms with Crippen LogP contribution < -0.4 is 11.5 Å². The van der Waals surface area contributed by atoms with E-state index in [0.717, 1.165) is 19.5 Å². The summed E-state index contributed by atoms with van der Waals surface area (Å²) in [4.78, 5) is 15.9. The third kappa shape index (κ3) is 25.5. The maximum absolute atomic E-state index is 9.69. The number of hydrogen-bond donors (Lipinski definition) is 4. The summed E-state index contributed by atoms with van der Waals surface area (Å²) in [6.45, 7) is 2.88. The van der Waals surface area contributed by atoms with Crippen LogP contribution in [-0.2, 0) is 4.57 Å². The molecule has 0 aromatic rings. The molecular formula is C5H17N2O3P. The summed E-state index contributed by atoms with van der Waals surface area (Å²) < 4.78 is 9.69. The molecule has 6 N–H and O–H groups in total. The largest absolute Gasteiger partial charge is 0.330 e. The molecule has 6 heteroatoms. The first-order valence-corrected chi connectivity index (χ1v) is 5.22. The van der Waals surface area contributed by atoms with E-state index in [4.69, 9.17) is 21.3 Å². The van der Waals surface area contributed by atoms with E-state index in [9.17, 15) is 4.57 Å². The van der Waals surface area contributed by atoms with E-state index < -0.39 is 7.60 Å². The Labute approximate surface area is 66.9 Å². The molecule has 0 heterocycles. The van der Waals surface area contributed by atoms with Crippen LogP contribution in [0.15, 0.2) is 0 Å². The topological polar surface area (TPSA) is 110 Å². The van der Waals surface area contributed by atoms with Crippen LogP contribution in [0.4, 0.5) is 0 Å². The lowest BCUT2D eigenvalue weighted by atomic mass is 10.4. The van der Waals surface area contributed by atoms with Crippen LogP contribution >= 0.6 is 7.60 Å². The Morgan fingerprint density at radius 2 is 1.55 bits per heavy atom. The molecule has 0 aromatic carbocycles. The summed E-state index contributed by atoms with van der Waals surface area (Å²) in [6, 6.07) is 0. The van der Waals surface area contributed by atoms with Gasteiger partial charge in [0, 0.05) is 6.16 Å². The zero-order valence-electron chi connectivity index (χ0n) is 6.73. The maximum atomic E-state index is 9.69. The SMILES string of the molecule is CCP(=O)(O)O.NCCCN. The van der Waals surface area contributed by atoms with Crippen molar-refractivity contribution < 1.29 is 14.4 Å². The van der Waals surface area contributed by atoms with Crippen LogP contribution in [0.5, 0.6) is 0 Å². The van der Waals surface area contributed by atoms with Crippen molar-refractivity contribution in [3.63, 3.8) is 0 Å². The van der Waals surface area contributed by atoms with Gasteiger partial charge >= 0.3 is 7.60 Å². The molecule has 11 heavy (non-hydrogen) atoms. The van der Waals surface area contributed by atoms with E-state index in [1.54, 1.807) is 0 Å². The normalized spacial score (nSPS) is 10.3. The van der Waals surface area contributed by atoms with Gasteiger partial charge in [-0.2, -0.15) is 0 Å². The number of rotatable bonds is 3. The zero-order chi connectivity index (χ0) is 9.33. The lowest BCUT2D eigenvalue weighted by molar-refractivity contribution is 0.375. The molecule has 0 aliphatic rings. The molecule has 0 amide bonds. The van der Waals surface area contributed by atoms with E-state index in [0.29, 0.717) is 0 Å². The minimum Gasteiger partial charge on any atom is -0.330 e. The summed E-state index contributed by atoms with van der Waals surface area (Å²) in [7, 11) is -3.65. The average Bonchev–Trinajstić information content (AvgIpc) is 1.90. The van der Waals surface area contributed by atoms with Gasteiger partial charge < -0.3 is 21.3 Å². The first-order chi connectivity index (χ1) is 4.97. The molecule has 0 aliphatic carbocycles. The number of nitrogens with two attached hydrogens (primary N) is 2. The van der Waals surface area contributed by atoms with Crippen molar-refractivity contribution in [3.8, 4) is 0 Å². The lowest BCUT2D eigenvalue weighted by Gasteiger charge is -1.92. The molecule has 0 fully saturated rings. The second-order valence-corrected chi connectivity index (χ2v) is 3.87. The molecular weight excluding hydrogens is 167 g/mol. The summed E-state index contributed by atoms with van der Waals surface area (Å²) >= 11 is 0. The highest BCUT2D eigenvalue weighted by Crippen LogP contribution is 2.32. The predicted molar refractivity (Wildman–Crippen MR) is 45.3 cm³/mol. The Bertz CT molecular complexity index is 112.